The van der Waals surface area contributed by atoms with Crippen LogP contribution in [0.25, 0.3) is 0 Å². The maximum absolute atomic E-state index is 14.4. The van der Waals surface area contributed by atoms with Crippen LogP contribution in [0.2, 0.25) is 0 Å². The van der Waals surface area contributed by atoms with Gasteiger partial charge in [0.2, 0.25) is 17.6 Å². The van der Waals surface area contributed by atoms with Crippen molar-refractivity contribution in [2.45, 2.75) is 115 Å². The number of nitrogens with zero attached hydrogens (tertiary/aromatic N) is 2. The first-order valence-corrected chi connectivity index (χ1v) is 19.3. The Morgan fingerprint density at radius 3 is 2.34 bits per heavy atom. The number of carbonyl (C=O) groups excluding carboxylic acids is 5. The first-order chi connectivity index (χ1) is 23.4. The Kier molecular flexibility index (Phi) is 11.9. The highest BCUT2D eigenvalue weighted by atomic mass is 32.2. The molecule has 3 unspecified atom stereocenters. The molecule has 3 aliphatic rings. The van der Waals surface area contributed by atoms with Crippen LogP contribution in [0.3, 0.4) is 0 Å². The normalized spacial score (nSPS) is 23.4. The summed E-state index contributed by atoms with van der Waals surface area (Å²) in [5.74, 6) is -3.01. The number of ketones is 1. The molecule has 1 aromatic heterocycles. The number of aromatic nitrogens is 1. The van der Waals surface area contributed by atoms with E-state index in [-0.39, 0.29) is 41.0 Å². The first kappa shape index (κ1) is 39.0. The highest BCUT2D eigenvalue weighted by Gasteiger charge is 2.70. The summed E-state index contributed by atoms with van der Waals surface area (Å²) >= 11 is 0. The summed E-state index contributed by atoms with van der Waals surface area (Å²) in [6, 6.07) is 0.974. The van der Waals surface area contributed by atoms with Gasteiger partial charge in [-0.1, -0.05) is 79.4 Å². The number of pyridine rings is 1. The predicted octanol–water partition coefficient (Wildman–Crippen LogP) is 2.91. The minimum absolute atomic E-state index is 0.0372. The zero-order chi connectivity index (χ0) is 37.1. The highest BCUT2D eigenvalue weighted by molar-refractivity contribution is 7.91. The van der Waals surface area contributed by atoms with Crippen LogP contribution in [-0.2, 0) is 29.0 Å². The standard InChI is InChI=1S/C36H54N6O7S/c1-8-15-24(28(43)31(45)38-19-9-2)39-30(44)27-26-23(35(26,6)7)21-42(27)32(46)29(34(3,4)5)40-33(47)41-36(17-12-10-13-18-36)22-50(48,49)25-16-11-14-20-37-25/h9,11,14,16,20,23-24,26-27,29H,2,8,10,12-13,15,17-19,21-22H2,1,3-7H3,(H,38,45)(H,39,44)(H2,40,41,47)/t23?,24?,26?,27-,29+/m0/s1. The van der Waals surface area contributed by atoms with Crippen LogP contribution in [0, 0.1) is 22.7 Å². The molecule has 3 fully saturated rings. The molecular weight excluding hydrogens is 660 g/mol. The fourth-order valence-corrected chi connectivity index (χ4v) is 9.51. The lowest BCUT2D eigenvalue weighted by Gasteiger charge is -2.40. The second-order valence-electron chi connectivity index (χ2n) is 15.8. The molecule has 1 saturated heterocycles. The van der Waals surface area contributed by atoms with Gasteiger partial charge in [0, 0.05) is 19.3 Å². The number of likely N-dealkylation sites (tertiary alicyclic amines) is 1. The van der Waals surface area contributed by atoms with Gasteiger partial charge in [-0.15, -0.1) is 6.58 Å². The second-order valence-corrected chi connectivity index (χ2v) is 17.7. The molecule has 5 amide bonds. The maximum atomic E-state index is 14.4. The van der Waals surface area contributed by atoms with Gasteiger partial charge in [-0.3, -0.25) is 19.2 Å². The number of sulfone groups is 1. The SMILES string of the molecule is C=CCNC(=O)C(=O)C(CCC)NC(=O)[C@@H]1C2C(CN1C(=O)[C@@H](NC(=O)NC1(CS(=O)(=O)c3ccccn3)CCCCC1)C(C)(C)C)C2(C)C. The van der Waals surface area contributed by atoms with Gasteiger partial charge in [0.15, 0.2) is 14.9 Å². The van der Waals surface area contributed by atoms with Crippen molar-refractivity contribution in [1.29, 1.82) is 0 Å². The van der Waals surface area contributed by atoms with Gasteiger partial charge in [0.05, 0.1) is 17.3 Å². The molecule has 50 heavy (non-hydrogen) atoms. The lowest BCUT2D eigenvalue weighted by Crippen LogP contribution is -2.63. The molecule has 276 valence electrons. The predicted molar refractivity (Wildman–Crippen MR) is 188 cm³/mol. The Balaban J connectivity index is 1.55. The van der Waals surface area contributed by atoms with Crippen LogP contribution >= 0.6 is 0 Å². The van der Waals surface area contributed by atoms with Crippen molar-refractivity contribution in [2.75, 3.05) is 18.8 Å². The van der Waals surface area contributed by atoms with E-state index in [1.807, 2.05) is 41.5 Å². The van der Waals surface area contributed by atoms with Crippen molar-refractivity contribution in [1.82, 2.24) is 31.2 Å². The molecule has 13 nitrogen and oxygen atoms in total. The molecule has 2 aliphatic carbocycles. The molecule has 1 aromatic rings. The van der Waals surface area contributed by atoms with Gasteiger partial charge < -0.3 is 26.2 Å². The van der Waals surface area contributed by atoms with Gasteiger partial charge >= 0.3 is 6.03 Å². The largest absolute Gasteiger partial charge is 0.346 e. The smallest absolute Gasteiger partial charge is 0.315 e. The van der Waals surface area contributed by atoms with Crippen LogP contribution < -0.4 is 21.3 Å². The monoisotopic (exact) mass is 714 g/mol. The summed E-state index contributed by atoms with van der Waals surface area (Å²) in [6.07, 6.45) is 6.95. The van der Waals surface area contributed by atoms with E-state index in [0.29, 0.717) is 25.8 Å². The fraction of sp³-hybridized carbons (Fsp3) is 0.667. The number of piperidine rings is 1. The average molecular weight is 715 g/mol. The van der Waals surface area contributed by atoms with Crippen molar-refractivity contribution < 1.29 is 32.4 Å². The van der Waals surface area contributed by atoms with E-state index in [4.69, 9.17) is 0 Å². The lowest BCUT2D eigenvalue weighted by atomic mass is 9.83. The van der Waals surface area contributed by atoms with Gasteiger partial charge in [-0.05, 0) is 54.1 Å². The number of nitrogens with one attached hydrogen (secondary N) is 4. The Morgan fingerprint density at radius 1 is 1.08 bits per heavy atom. The second kappa shape index (κ2) is 15.2. The Bertz CT molecular complexity index is 1570. The topological polar surface area (TPSA) is 184 Å². The molecule has 2 saturated carbocycles. The molecule has 1 aliphatic heterocycles. The molecule has 4 N–H and O–H groups in total. The number of carbonyl (C=O) groups is 5. The van der Waals surface area contributed by atoms with Crippen molar-refractivity contribution in [3.8, 4) is 0 Å². The van der Waals surface area contributed by atoms with Gasteiger partial charge in [-0.25, -0.2) is 18.2 Å². The van der Waals surface area contributed by atoms with Crippen LogP contribution in [0.1, 0.15) is 86.5 Å². The Labute approximate surface area is 296 Å². The number of fused-ring (bicyclic) bond motifs is 1. The minimum atomic E-state index is -3.84. The van der Waals surface area contributed by atoms with Crippen molar-refractivity contribution in [3.05, 3.63) is 37.1 Å². The van der Waals surface area contributed by atoms with E-state index in [2.05, 4.69) is 32.8 Å². The third-order valence-corrected chi connectivity index (χ3v) is 12.4. The zero-order valence-electron chi connectivity index (χ0n) is 30.2. The fourth-order valence-electron chi connectivity index (χ4n) is 7.76. The number of urea groups is 1. The van der Waals surface area contributed by atoms with Crippen LogP contribution in [-0.4, -0.2) is 90.3 Å². The quantitative estimate of drug-likeness (QED) is 0.168. The molecule has 0 bridgehead atoms. The van der Waals surface area contributed by atoms with E-state index in [1.165, 1.54) is 23.2 Å². The molecule has 0 aromatic carbocycles. The average Bonchev–Trinajstić information content (AvgIpc) is 3.36. The summed E-state index contributed by atoms with van der Waals surface area (Å²) in [5, 5.41) is 11.0. The number of Topliss-reactive ketones (excluding diaryl/α,β-unsaturated/α-hetero) is 1. The number of hydrogen-bond donors (Lipinski definition) is 4. The van der Waals surface area contributed by atoms with Gasteiger partial charge in [0.25, 0.3) is 5.91 Å². The molecule has 0 radical (unpaired) electrons. The van der Waals surface area contributed by atoms with E-state index in [1.54, 1.807) is 12.1 Å². The number of rotatable bonds is 14. The summed E-state index contributed by atoms with van der Waals surface area (Å²) in [5.41, 5.74) is -2.06. The third kappa shape index (κ3) is 8.55. The van der Waals surface area contributed by atoms with Crippen LogP contribution in [0.15, 0.2) is 42.1 Å². The summed E-state index contributed by atoms with van der Waals surface area (Å²) in [4.78, 5) is 73.2. The maximum Gasteiger partial charge on any atom is 0.315 e. The van der Waals surface area contributed by atoms with Crippen LogP contribution in [0.5, 0.6) is 0 Å². The number of hydrogen-bond acceptors (Lipinski definition) is 8. The minimum Gasteiger partial charge on any atom is -0.346 e. The van der Waals surface area contributed by atoms with Crippen molar-refractivity contribution in [3.63, 3.8) is 0 Å². The summed E-state index contributed by atoms with van der Waals surface area (Å²) < 4.78 is 26.8. The zero-order valence-corrected chi connectivity index (χ0v) is 31.0. The molecule has 4 rings (SSSR count). The lowest BCUT2D eigenvalue weighted by molar-refractivity contribution is -0.145. The molecule has 5 atom stereocenters. The Hall–Kier alpha value is -3.81. The Morgan fingerprint density at radius 2 is 1.76 bits per heavy atom. The summed E-state index contributed by atoms with van der Waals surface area (Å²) in [6.45, 7) is 15.3. The number of amides is 5. The summed E-state index contributed by atoms with van der Waals surface area (Å²) in [7, 11) is -3.84. The molecule has 2 heterocycles. The van der Waals surface area contributed by atoms with Crippen molar-refractivity contribution >= 4 is 39.4 Å². The van der Waals surface area contributed by atoms with E-state index >= 15 is 0 Å². The van der Waals surface area contributed by atoms with Gasteiger partial charge in [0.1, 0.15) is 12.1 Å². The molecule has 14 heteroatoms. The van der Waals surface area contributed by atoms with E-state index < -0.39 is 68.5 Å². The molecule has 0 spiro atoms. The van der Waals surface area contributed by atoms with E-state index in [0.717, 1.165) is 19.3 Å². The van der Waals surface area contributed by atoms with Crippen molar-refractivity contribution in [2.24, 2.45) is 22.7 Å². The van der Waals surface area contributed by atoms with E-state index in [9.17, 15) is 32.4 Å². The first-order valence-electron chi connectivity index (χ1n) is 17.6. The van der Waals surface area contributed by atoms with Gasteiger partial charge in [-0.2, -0.15) is 0 Å². The third-order valence-electron chi connectivity index (χ3n) is 10.6. The highest BCUT2D eigenvalue weighted by Crippen LogP contribution is 2.65. The van der Waals surface area contributed by atoms with Crippen LogP contribution in [0.4, 0.5) is 4.79 Å². The molecular formula is C36H54N6O7S.